The van der Waals surface area contributed by atoms with E-state index in [1.807, 2.05) is 10.6 Å². The first-order chi connectivity index (χ1) is 10.9. The largest absolute Gasteiger partial charge is 0.548 e. The number of nitrogens with zero attached hydrogens (tertiary/aromatic N) is 1. The van der Waals surface area contributed by atoms with Crippen LogP contribution in [0.3, 0.4) is 0 Å². The van der Waals surface area contributed by atoms with Gasteiger partial charge in [0.15, 0.2) is 5.92 Å². The van der Waals surface area contributed by atoms with Gasteiger partial charge in [0.05, 0.1) is 12.0 Å². The second-order valence-electron chi connectivity index (χ2n) is 4.79. The van der Waals surface area contributed by atoms with Crippen LogP contribution in [0.5, 0.6) is 5.75 Å². The van der Waals surface area contributed by atoms with E-state index in [4.69, 9.17) is 0 Å². The van der Waals surface area contributed by atoms with E-state index in [2.05, 4.69) is 4.99 Å². The molecule has 23 heavy (non-hydrogen) atoms. The first-order valence-electron chi connectivity index (χ1n) is 6.54. The van der Waals surface area contributed by atoms with Crippen LogP contribution >= 0.6 is 0 Å². The molecule has 1 aliphatic heterocycles. The number of phenols is 1. The molecule has 120 valence electrons. The number of carbonyl (C=O) groups is 4. The molecule has 0 saturated carbocycles. The number of imide groups is 2. The standard InChI is InChI=1S/C14H13N3O6/c18-8-3-1-7(2-4-8)5-10(13(21)22)15-6-9-11(19)16-14(23)17-12(9)20/h1-4,6,9-10,18H,5H2,(H,21,22)(H2,16,17,19,20,23)/p-1/t10-/m0/s1. The zero-order valence-electron chi connectivity index (χ0n) is 11.7. The highest BCUT2D eigenvalue weighted by molar-refractivity contribution is 6.23. The van der Waals surface area contributed by atoms with Crippen molar-refractivity contribution in [1.29, 1.82) is 0 Å². The number of rotatable bonds is 5. The molecular formula is C14H12N3O6-. The highest BCUT2D eigenvalue weighted by atomic mass is 16.4. The summed E-state index contributed by atoms with van der Waals surface area (Å²) >= 11 is 0. The highest BCUT2D eigenvalue weighted by Crippen LogP contribution is 2.12. The monoisotopic (exact) mass is 318 g/mol. The van der Waals surface area contributed by atoms with Gasteiger partial charge < -0.3 is 15.0 Å². The van der Waals surface area contributed by atoms with Crippen LogP contribution in [-0.4, -0.2) is 41.2 Å². The van der Waals surface area contributed by atoms with Crippen LogP contribution in [0.1, 0.15) is 5.56 Å². The van der Waals surface area contributed by atoms with Crippen molar-refractivity contribution < 1.29 is 29.4 Å². The molecule has 1 saturated heterocycles. The number of barbiturate groups is 1. The van der Waals surface area contributed by atoms with Crippen molar-refractivity contribution in [3.63, 3.8) is 0 Å². The molecule has 9 nitrogen and oxygen atoms in total. The van der Waals surface area contributed by atoms with Crippen molar-refractivity contribution in [3.8, 4) is 5.75 Å². The Morgan fingerprint density at radius 1 is 1.22 bits per heavy atom. The normalized spacial score (nSPS) is 17.0. The molecule has 1 fully saturated rings. The summed E-state index contributed by atoms with van der Waals surface area (Å²) in [5, 5.41) is 24.1. The summed E-state index contributed by atoms with van der Waals surface area (Å²) in [7, 11) is 0. The van der Waals surface area contributed by atoms with E-state index in [0.29, 0.717) is 5.56 Å². The molecule has 0 unspecified atom stereocenters. The van der Waals surface area contributed by atoms with Gasteiger partial charge >= 0.3 is 6.03 Å². The summed E-state index contributed by atoms with van der Waals surface area (Å²) in [5.41, 5.74) is 0.571. The van der Waals surface area contributed by atoms with Gasteiger partial charge in [-0.25, -0.2) is 4.79 Å². The van der Waals surface area contributed by atoms with Crippen molar-refractivity contribution in [2.75, 3.05) is 0 Å². The predicted molar refractivity (Wildman–Crippen MR) is 74.3 cm³/mol. The van der Waals surface area contributed by atoms with Crippen molar-refractivity contribution in [1.82, 2.24) is 10.6 Å². The van der Waals surface area contributed by atoms with Gasteiger partial charge in [-0.05, 0) is 17.7 Å². The highest BCUT2D eigenvalue weighted by Gasteiger charge is 2.32. The number of urea groups is 1. The van der Waals surface area contributed by atoms with Gasteiger partial charge in [-0.2, -0.15) is 0 Å². The Kier molecular flexibility index (Phi) is 4.69. The van der Waals surface area contributed by atoms with Crippen LogP contribution in [0.4, 0.5) is 4.79 Å². The Hall–Kier alpha value is -3.23. The molecule has 1 aliphatic rings. The van der Waals surface area contributed by atoms with Crippen molar-refractivity contribution in [3.05, 3.63) is 29.8 Å². The molecule has 1 atom stereocenters. The summed E-state index contributed by atoms with van der Waals surface area (Å²) in [5.74, 6) is -4.62. The number of carboxylic acids is 1. The molecule has 3 N–H and O–H groups in total. The maximum absolute atomic E-state index is 11.5. The fourth-order valence-corrected chi connectivity index (χ4v) is 1.91. The predicted octanol–water partition coefficient (Wildman–Crippen LogP) is -1.89. The van der Waals surface area contributed by atoms with Crippen molar-refractivity contribution in [2.24, 2.45) is 10.9 Å². The van der Waals surface area contributed by atoms with E-state index in [9.17, 15) is 29.4 Å². The lowest BCUT2D eigenvalue weighted by molar-refractivity contribution is -0.307. The first-order valence-corrected chi connectivity index (χ1v) is 6.54. The number of carbonyl (C=O) groups excluding carboxylic acids is 4. The summed E-state index contributed by atoms with van der Waals surface area (Å²) in [6, 6.07) is 3.54. The van der Waals surface area contributed by atoms with Gasteiger partial charge in [-0.3, -0.25) is 25.2 Å². The third kappa shape index (κ3) is 4.13. The quantitative estimate of drug-likeness (QED) is 0.427. The molecule has 4 amide bonds. The average molecular weight is 318 g/mol. The number of hydrogen-bond acceptors (Lipinski definition) is 7. The molecule has 0 aliphatic carbocycles. The second kappa shape index (κ2) is 6.69. The van der Waals surface area contributed by atoms with Gasteiger partial charge in [0, 0.05) is 12.6 Å². The van der Waals surface area contributed by atoms with Gasteiger partial charge in [0.25, 0.3) is 0 Å². The number of aliphatic imine (C=N–C) groups is 1. The molecule has 1 aromatic rings. The second-order valence-corrected chi connectivity index (χ2v) is 4.79. The smallest absolute Gasteiger partial charge is 0.328 e. The number of aromatic hydroxyl groups is 1. The lowest BCUT2D eigenvalue weighted by Crippen LogP contribution is -2.56. The Balaban J connectivity index is 2.11. The number of carboxylic acid groups (broad SMARTS) is 1. The topological polar surface area (TPSA) is 148 Å². The number of amides is 4. The molecule has 0 bridgehead atoms. The van der Waals surface area contributed by atoms with E-state index in [1.165, 1.54) is 24.3 Å². The minimum absolute atomic E-state index is 0.0301. The van der Waals surface area contributed by atoms with Crippen LogP contribution in [0.2, 0.25) is 0 Å². The van der Waals surface area contributed by atoms with E-state index in [1.54, 1.807) is 0 Å². The molecule has 2 rings (SSSR count). The Labute approximate surface area is 130 Å². The van der Waals surface area contributed by atoms with E-state index < -0.39 is 35.8 Å². The van der Waals surface area contributed by atoms with Crippen molar-refractivity contribution >= 4 is 30.0 Å². The molecule has 9 heteroatoms. The summed E-state index contributed by atoms with van der Waals surface area (Å²) in [6.07, 6.45) is 0.825. The Morgan fingerprint density at radius 3 is 2.30 bits per heavy atom. The fourth-order valence-electron chi connectivity index (χ4n) is 1.91. The van der Waals surface area contributed by atoms with Crippen LogP contribution in [0, 0.1) is 5.92 Å². The summed E-state index contributed by atoms with van der Waals surface area (Å²) in [4.78, 5) is 48.8. The summed E-state index contributed by atoms with van der Waals surface area (Å²) < 4.78 is 0. The Morgan fingerprint density at radius 2 is 1.78 bits per heavy atom. The number of nitrogens with one attached hydrogen (secondary N) is 2. The first kappa shape index (κ1) is 16.1. The maximum Gasteiger partial charge on any atom is 0.328 e. The molecule has 1 heterocycles. The minimum Gasteiger partial charge on any atom is -0.548 e. The minimum atomic E-state index is -1.48. The van der Waals surface area contributed by atoms with Crippen LogP contribution in [0.25, 0.3) is 0 Å². The SMILES string of the molecule is O=C1NC(=O)C(C=N[C@@H](Cc2ccc(O)cc2)C(=O)[O-])C(=O)N1. The van der Waals surface area contributed by atoms with Crippen LogP contribution < -0.4 is 15.7 Å². The van der Waals surface area contributed by atoms with Crippen molar-refractivity contribution in [2.45, 2.75) is 12.5 Å². The van der Waals surface area contributed by atoms with Crippen LogP contribution in [0.15, 0.2) is 29.3 Å². The molecule has 0 aromatic heterocycles. The average Bonchev–Trinajstić information content (AvgIpc) is 2.46. The van der Waals surface area contributed by atoms with Gasteiger partial charge in [-0.15, -0.1) is 0 Å². The third-order valence-corrected chi connectivity index (χ3v) is 3.09. The molecule has 0 radical (unpaired) electrons. The zero-order valence-corrected chi connectivity index (χ0v) is 11.7. The maximum atomic E-state index is 11.5. The number of phenolic OH excluding ortho intramolecular Hbond substituents is 1. The molecule has 0 spiro atoms. The number of benzene rings is 1. The molecular weight excluding hydrogens is 306 g/mol. The number of aliphatic carboxylic acids is 1. The Bertz CT molecular complexity index is 662. The number of hydrogen-bond donors (Lipinski definition) is 3. The van der Waals surface area contributed by atoms with Crippen LogP contribution in [-0.2, 0) is 20.8 Å². The van der Waals surface area contributed by atoms with E-state index in [0.717, 1.165) is 6.21 Å². The zero-order chi connectivity index (χ0) is 17.0. The lowest BCUT2D eigenvalue weighted by Gasteiger charge is -2.19. The van der Waals surface area contributed by atoms with Gasteiger partial charge in [-0.1, -0.05) is 12.1 Å². The fraction of sp³-hybridized carbons (Fsp3) is 0.214. The molecule has 1 aromatic carbocycles. The summed E-state index contributed by atoms with van der Waals surface area (Å²) in [6.45, 7) is 0. The van der Waals surface area contributed by atoms with Gasteiger partial charge in [0.2, 0.25) is 11.8 Å². The third-order valence-electron chi connectivity index (χ3n) is 3.09. The van der Waals surface area contributed by atoms with E-state index >= 15 is 0 Å². The lowest BCUT2D eigenvalue weighted by atomic mass is 10.1. The van der Waals surface area contributed by atoms with E-state index in [-0.39, 0.29) is 12.2 Å². The van der Waals surface area contributed by atoms with Gasteiger partial charge in [0.1, 0.15) is 5.75 Å².